The van der Waals surface area contributed by atoms with E-state index in [0.29, 0.717) is 19.8 Å². The quantitative estimate of drug-likeness (QED) is 0.196. The molecule has 0 unspecified atom stereocenters. The van der Waals surface area contributed by atoms with Crippen LogP contribution in [0.3, 0.4) is 0 Å². The Bertz CT molecular complexity index is 220. The summed E-state index contributed by atoms with van der Waals surface area (Å²) >= 11 is 0. The van der Waals surface area contributed by atoms with Gasteiger partial charge in [-0.05, 0) is 12.3 Å². The van der Waals surface area contributed by atoms with E-state index in [0.717, 1.165) is 12.3 Å². The van der Waals surface area contributed by atoms with Gasteiger partial charge >= 0.3 is 88.7 Å². The zero-order valence-corrected chi connectivity index (χ0v) is 22.7. The number of aliphatic hydroxyl groups is 3. The van der Waals surface area contributed by atoms with Gasteiger partial charge in [-0.15, -0.1) is 0 Å². The predicted octanol–water partition coefficient (Wildman–Crippen LogP) is -10.6. The number of unbranched alkanes of at least 4 members (excludes halogenated alkanes) is 2. The Labute approximate surface area is 211 Å². The largest absolute Gasteiger partial charge is 1.00 e. The molecule has 132 valence electrons. The Morgan fingerprint density at radius 3 is 1.46 bits per heavy atom. The van der Waals surface area contributed by atoms with Crippen LogP contribution < -0.4 is 103 Å². The minimum Gasteiger partial charge on any atom is -0.822 e. The number of hydrogen-bond donors (Lipinski definition) is 3. The van der Waals surface area contributed by atoms with Crippen molar-refractivity contribution in [1.82, 2.24) is 0 Å². The molecule has 0 aromatic rings. The predicted molar refractivity (Wildman–Crippen MR) is 73.0 cm³/mol. The van der Waals surface area contributed by atoms with Gasteiger partial charge in [0.2, 0.25) is 0 Å². The second kappa shape index (κ2) is 33.5. The van der Waals surface area contributed by atoms with E-state index in [2.05, 4.69) is 18.6 Å². The van der Waals surface area contributed by atoms with Gasteiger partial charge in [-0.25, -0.2) is 0 Å². The van der Waals surface area contributed by atoms with E-state index in [1.54, 1.807) is 0 Å². The van der Waals surface area contributed by atoms with Crippen molar-refractivity contribution in [3.05, 3.63) is 0 Å². The van der Waals surface area contributed by atoms with Crippen molar-refractivity contribution >= 4 is 7.82 Å². The molecule has 0 saturated heterocycles. The first kappa shape index (κ1) is 41.3. The van der Waals surface area contributed by atoms with E-state index in [1.807, 2.05) is 0 Å². The van der Waals surface area contributed by atoms with E-state index >= 15 is 0 Å². The van der Waals surface area contributed by atoms with E-state index < -0.39 is 7.82 Å². The summed E-state index contributed by atoms with van der Waals surface area (Å²) in [7, 11) is -5.39. The molecule has 0 rings (SSSR count). The number of ether oxygens (including phenoxy) is 1. The summed E-state index contributed by atoms with van der Waals surface area (Å²) in [5.74, 6) is 0.823. The molecule has 0 radical (unpaired) electrons. The van der Waals surface area contributed by atoms with Gasteiger partial charge in [0.25, 0.3) is 0 Å². The van der Waals surface area contributed by atoms with Gasteiger partial charge in [-0.2, -0.15) is 7.82 Å². The van der Waals surface area contributed by atoms with Crippen LogP contribution in [0.2, 0.25) is 0 Å². The second-order valence-corrected chi connectivity index (χ2v) is 5.37. The van der Waals surface area contributed by atoms with E-state index in [9.17, 15) is 0 Å². The molecule has 0 aliphatic carbocycles. The van der Waals surface area contributed by atoms with Crippen molar-refractivity contribution in [2.24, 2.45) is 5.92 Å². The van der Waals surface area contributed by atoms with Crippen LogP contribution in [0.1, 0.15) is 39.5 Å². The average molecular weight is 400 g/mol. The summed E-state index contributed by atoms with van der Waals surface area (Å²) in [6.07, 6.45) is 4.75. The Morgan fingerprint density at radius 2 is 1.21 bits per heavy atom. The van der Waals surface area contributed by atoms with Crippen LogP contribution in [0, 0.1) is 5.92 Å². The fraction of sp³-hybridized carbons (Fsp3) is 1.00. The molecule has 24 heavy (non-hydrogen) atoms. The Balaban J connectivity index is -0.0000000494. The standard InChI is InChI=1S/C8H18O.C4H10O3.3Na.H3O4P/c1-8(2)6-4-3-5-7-9;5-1-3-7-4-2-6;;;;1-5(2,3)4/h8-9H,3-7H2,1-2H3;5-6H,1-4H2;;;;(H3,1,2,3,4)/q;;3*+1;/p-3. The molecular formula is C12H28Na3O8P. The maximum Gasteiger partial charge on any atom is 1.00 e. The molecule has 0 aromatic heterocycles. The minimum absolute atomic E-state index is 0. The zero-order valence-electron chi connectivity index (χ0n) is 15.8. The summed E-state index contributed by atoms with van der Waals surface area (Å²) in [5, 5.41) is 24.6. The van der Waals surface area contributed by atoms with Gasteiger partial charge in [0.1, 0.15) is 0 Å². The molecule has 3 N–H and O–H groups in total. The van der Waals surface area contributed by atoms with Crippen molar-refractivity contribution in [2.75, 3.05) is 33.0 Å². The third-order valence-corrected chi connectivity index (χ3v) is 1.91. The monoisotopic (exact) mass is 400 g/mol. The van der Waals surface area contributed by atoms with Crippen molar-refractivity contribution in [3.8, 4) is 0 Å². The molecule has 0 amide bonds. The smallest absolute Gasteiger partial charge is 0.822 e. The van der Waals surface area contributed by atoms with Crippen molar-refractivity contribution in [2.45, 2.75) is 39.5 Å². The van der Waals surface area contributed by atoms with Crippen LogP contribution in [0.25, 0.3) is 0 Å². The van der Waals surface area contributed by atoms with Crippen molar-refractivity contribution in [1.29, 1.82) is 0 Å². The van der Waals surface area contributed by atoms with Gasteiger partial charge in [0.15, 0.2) is 0 Å². The summed E-state index contributed by atoms with van der Waals surface area (Å²) in [6.45, 7) is 5.52. The fourth-order valence-electron chi connectivity index (χ4n) is 1.07. The van der Waals surface area contributed by atoms with Gasteiger partial charge in [-0.1, -0.05) is 33.1 Å². The van der Waals surface area contributed by atoms with Gasteiger partial charge in [0.05, 0.1) is 26.4 Å². The third-order valence-electron chi connectivity index (χ3n) is 1.91. The summed E-state index contributed by atoms with van der Waals surface area (Å²) < 4.78 is 13.2. The number of hydrogen-bond acceptors (Lipinski definition) is 8. The number of rotatable bonds is 9. The molecule has 0 saturated carbocycles. The van der Waals surface area contributed by atoms with Crippen LogP contribution in [0.15, 0.2) is 0 Å². The van der Waals surface area contributed by atoms with Crippen LogP contribution in [0.5, 0.6) is 0 Å². The maximum atomic E-state index is 8.55. The van der Waals surface area contributed by atoms with Crippen molar-refractivity contribution in [3.63, 3.8) is 0 Å². The SMILES string of the molecule is CC(C)CCCCCO.O=P([O-])([O-])[O-].OCCOCCO.[Na+].[Na+].[Na+]. The molecule has 0 atom stereocenters. The fourth-order valence-corrected chi connectivity index (χ4v) is 1.07. The second-order valence-electron chi connectivity index (χ2n) is 4.47. The van der Waals surface area contributed by atoms with E-state index in [-0.39, 0.29) is 102 Å². The number of aliphatic hydroxyl groups excluding tert-OH is 3. The summed E-state index contributed by atoms with van der Waals surface area (Å²) in [5.41, 5.74) is 0. The molecule has 0 bridgehead atoms. The van der Waals surface area contributed by atoms with Crippen LogP contribution in [0.4, 0.5) is 0 Å². The van der Waals surface area contributed by atoms with Gasteiger partial charge < -0.3 is 39.3 Å². The molecule has 0 aliphatic heterocycles. The van der Waals surface area contributed by atoms with Gasteiger partial charge in [-0.3, -0.25) is 0 Å². The first-order chi connectivity index (χ1) is 9.68. The molecule has 0 spiro atoms. The Kier molecular flexibility index (Phi) is 57.8. The zero-order chi connectivity index (χ0) is 17.1. The normalized spacial score (nSPS) is 9.21. The third kappa shape index (κ3) is 85.3. The van der Waals surface area contributed by atoms with Crippen LogP contribution in [-0.4, -0.2) is 48.4 Å². The molecule has 12 heteroatoms. The first-order valence-corrected chi connectivity index (χ1v) is 8.28. The van der Waals surface area contributed by atoms with Gasteiger partial charge in [0, 0.05) is 6.61 Å². The van der Waals surface area contributed by atoms with E-state index in [4.69, 9.17) is 34.6 Å². The van der Waals surface area contributed by atoms with Crippen LogP contribution in [-0.2, 0) is 9.30 Å². The topological polar surface area (TPSA) is 156 Å². The minimum atomic E-state index is -5.39. The first-order valence-electron chi connectivity index (χ1n) is 6.82. The van der Waals surface area contributed by atoms with E-state index in [1.165, 1.54) is 19.3 Å². The molecule has 8 nitrogen and oxygen atoms in total. The summed E-state index contributed by atoms with van der Waals surface area (Å²) in [4.78, 5) is 25.6. The Hall–Kier alpha value is 2.95. The molecule has 0 heterocycles. The molecule has 0 fully saturated rings. The van der Waals surface area contributed by atoms with Crippen molar-refractivity contribution < 1.29 is 128 Å². The Morgan fingerprint density at radius 1 is 0.833 bits per heavy atom. The molecule has 0 aliphatic rings. The molecular weight excluding hydrogens is 372 g/mol. The summed E-state index contributed by atoms with van der Waals surface area (Å²) in [6, 6.07) is 0. The molecule has 0 aromatic carbocycles. The average Bonchev–Trinajstić information content (AvgIpc) is 2.34. The number of phosphoric acid groups is 1. The maximum absolute atomic E-state index is 8.55. The van der Waals surface area contributed by atoms with Crippen LogP contribution >= 0.6 is 7.82 Å².